The maximum atomic E-state index is 12.9. The quantitative estimate of drug-likeness (QED) is 0.305. The van der Waals surface area contributed by atoms with Crippen molar-refractivity contribution < 1.29 is 9.53 Å². The molecule has 0 aliphatic carbocycles. The van der Waals surface area contributed by atoms with Crippen molar-refractivity contribution in [3.8, 4) is 28.3 Å². The second-order valence-electron chi connectivity index (χ2n) is 6.87. The van der Waals surface area contributed by atoms with Crippen molar-refractivity contribution in [2.45, 2.75) is 4.90 Å². The number of aromatic nitrogens is 2. The first kappa shape index (κ1) is 18.5. The summed E-state index contributed by atoms with van der Waals surface area (Å²) in [6.45, 7) is 0. The zero-order valence-corrected chi connectivity index (χ0v) is 17.1. The molecule has 3 aromatic carbocycles. The topological polar surface area (TPSA) is 44.1 Å². The highest BCUT2D eigenvalue weighted by Crippen LogP contribution is 2.46. The summed E-state index contributed by atoms with van der Waals surface area (Å²) in [5, 5.41) is 5.61. The Labute approximate surface area is 178 Å². The first-order valence-electron chi connectivity index (χ1n) is 9.56. The third kappa shape index (κ3) is 3.33. The number of allylic oxidation sites excluding steroid dienone is 1. The van der Waals surface area contributed by atoms with E-state index >= 15 is 0 Å². The average Bonchev–Trinajstić information content (AvgIpc) is 3.26. The van der Waals surface area contributed by atoms with Gasteiger partial charge in [0.2, 0.25) is 0 Å². The fraction of sp³-hybridized carbons (Fsp3) is 0.0400. The predicted molar refractivity (Wildman–Crippen MR) is 121 cm³/mol. The molecule has 30 heavy (non-hydrogen) atoms. The Morgan fingerprint density at radius 2 is 1.70 bits per heavy atom. The van der Waals surface area contributed by atoms with Gasteiger partial charge in [-0.1, -0.05) is 72.4 Å². The van der Waals surface area contributed by atoms with Gasteiger partial charge in [0.15, 0.2) is 5.78 Å². The second kappa shape index (κ2) is 7.69. The van der Waals surface area contributed by atoms with Crippen LogP contribution in [0.3, 0.4) is 0 Å². The SMILES string of the molecule is COc1ccc2c(c1)-c1cc(-c3ccccc3)nn1/C(=C/C(=O)c1ccccc1)S2. The van der Waals surface area contributed by atoms with Crippen LogP contribution in [0.1, 0.15) is 10.4 Å². The molecule has 146 valence electrons. The van der Waals surface area contributed by atoms with E-state index in [-0.39, 0.29) is 5.78 Å². The van der Waals surface area contributed by atoms with Gasteiger partial charge < -0.3 is 4.74 Å². The second-order valence-corrected chi connectivity index (χ2v) is 7.93. The van der Waals surface area contributed by atoms with Crippen LogP contribution in [-0.4, -0.2) is 22.7 Å². The highest BCUT2D eigenvalue weighted by atomic mass is 32.2. The highest BCUT2D eigenvalue weighted by Gasteiger charge is 2.25. The van der Waals surface area contributed by atoms with Crippen LogP contribution >= 0.6 is 11.8 Å². The van der Waals surface area contributed by atoms with Crippen LogP contribution in [0.5, 0.6) is 5.75 Å². The van der Waals surface area contributed by atoms with Gasteiger partial charge in [0, 0.05) is 27.7 Å². The molecule has 4 nitrogen and oxygen atoms in total. The number of carbonyl (C=O) groups excluding carboxylic acids is 1. The van der Waals surface area contributed by atoms with Gasteiger partial charge in [-0.25, -0.2) is 4.68 Å². The zero-order valence-electron chi connectivity index (χ0n) is 16.3. The van der Waals surface area contributed by atoms with Gasteiger partial charge in [-0.05, 0) is 24.3 Å². The lowest BCUT2D eigenvalue weighted by Gasteiger charge is -2.20. The molecule has 0 radical (unpaired) electrons. The fourth-order valence-electron chi connectivity index (χ4n) is 3.46. The molecule has 0 saturated carbocycles. The van der Waals surface area contributed by atoms with Crippen molar-refractivity contribution in [2.75, 3.05) is 7.11 Å². The van der Waals surface area contributed by atoms with Crippen molar-refractivity contribution in [3.63, 3.8) is 0 Å². The summed E-state index contributed by atoms with van der Waals surface area (Å²) in [5.41, 5.74) is 4.53. The van der Waals surface area contributed by atoms with Crippen molar-refractivity contribution in [3.05, 3.63) is 96.6 Å². The molecule has 0 amide bonds. The molecule has 0 spiro atoms. The summed E-state index contributed by atoms with van der Waals surface area (Å²) in [7, 11) is 1.66. The molecule has 0 atom stereocenters. The Balaban J connectivity index is 1.66. The molecule has 0 saturated heterocycles. The average molecular weight is 410 g/mol. The molecule has 1 aliphatic rings. The zero-order chi connectivity index (χ0) is 20.5. The van der Waals surface area contributed by atoms with Crippen LogP contribution in [0.25, 0.3) is 27.5 Å². The fourth-order valence-corrected chi connectivity index (χ4v) is 4.49. The van der Waals surface area contributed by atoms with E-state index in [1.807, 2.05) is 83.5 Å². The van der Waals surface area contributed by atoms with Gasteiger partial charge in [0.1, 0.15) is 10.8 Å². The summed E-state index contributed by atoms with van der Waals surface area (Å²) in [4.78, 5) is 13.9. The van der Waals surface area contributed by atoms with E-state index in [2.05, 4.69) is 6.07 Å². The maximum Gasteiger partial charge on any atom is 0.188 e. The molecule has 0 N–H and O–H groups in total. The summed E-state index contributed by atoms with van der Waals surface area (Å²) >= 11 is 1.54. The molecule has 0 bridgehead atoms. The number of benzene rings is 3. The lowest BCUT2D eigenvalue weighted by atomic mass is 10.1. The van der Waals surface area contributed by atoms with Crippen molar-refractivity contribution >= 4 is 22.6 Å². The highest BCUT2D eigenvalue weighted by molar-refractivity contribution is 8.08. The number of rotatable bonds is 4. The number of carbonyl (C=O) groups is 1. The van der Waals surface area contributed by atoms with E-state index < -0.39 is 0 Å². The first-order chi connectivity index (χ1) is 14.7. The van der Waals surface area contributed by atoms with E-state index in [1.54, 1.807) is 13.2 Å². The molecule has 4 aromatic rings. The minimum atomic E-state index is -0.0437. The standard InChI is InChI=1S/C25H18N2O2S/c1-29-19-12-13-24-20(14-19)22-15-21(17-8-4-2-5-9-17)26-27(22)25(30-24)16-23(28)18-10-6-3-7-11-18/h2-16H,1H3/b25-16-. The van der Waals surface area contributed by atoms with Gasteiger partial charge >= 0.3 is 0 Å². The molecular weight excluding hydrogens is 392 g/mol. The van der Waals surface area contributed by atoms with Gasteiger partial charge in [0.25, 0.3) is 0 Å². The van der Waals surface area contributed by atoms with E-state index in [0.29, 0.717) is 5.56 Å². The Hall–Kier alpha value is -3.57. The minimum absolute atomic E-state index is 0.0437. The summed E-state index contributed by atoms with van der Waals surface area (Å²) < 4.78 is 7.29. The Morgan fingerprint density at radius 3 is 2.43 bits per heavy atom. The van der Waals surface area contributed by atoms with Crippen LogP contribution in [-0.2, 0) is 0 Å². The van der Waals surface area contributed by atoms with Crippen LogP contribution in [0.4, 0.5) is 0 Å². The van der Waals surface area contributed by atoms with Gasteiger partial charge in [0.05, 0.1) is 18.5 Å². The van der Waals surface area contributed by atoms with Crippen molar-refractivity contribution in [1.29, 1.82) is 0 Å². The number of hydrogen-bond donors (Lipinski definition) is 0. The van der Waals surface area contributed by atoms with E-state index in [9.17, 15) is 4.79 Å². The third-order valence-corrected chi connectivity index (χ3v) is 6.05. The number of nitrogens with zero attached hydrogens (tertiary/aromatic N) is 2. The van der Waals surface area contributed by atoms with Crippen LogP contribution in [0, 0.1) is 0 Å². The summed E-state index contributed by atoms with van der Waals surface area (Å²) in [5.74, 6) is 0.744. The summed E-state index contributed by atoms with van der Waals surface area (Å²) in [6, 6.07) is 27.4. The predicted octanol–water partition coefficient (Wildman–Crippen LogP) is 6.01. The van der Waals surface area contributed by atoms with E-state index in [4.69, 9.17) is 9.84 Å². The van der Waals surface area contributed by atoms with Gasteiger partial charge in [-0.15, -0.1) is 0 Å². The maximum absolute atomic E-state index is 12.9. The molecule has 5 heteroatoms. The molecule has 0 unspecified atom stereocenters. The number of ether oxygens (including phenoxy) is 1. The number of ketones is 1. The normalized spacial score (nSPS) is 13.6. The summed E-state index contributed by atoms with van der Waals surface area (Å²) in [6.07, 6.45) is 1.67. The van der Waals surface area contributed by atoms with Crippen molar-refractivity contribution in [1.82, 2.24) is 9.78 Å². The van der Waals surface area contributed by atoms with Crippen LogP contribution < -0.4 is 4.74 Å². The van der Waals surface area contributed by atoms with Crippen molar-refractivity contribution in [2.24, 2.45) is 0 Å². The van der Waals surface area contributed by atoms with E-state index in [1.165, 1.54) is 11.8 Å². The number of hydrogen-bond acceptors (Lipinski definition) is 4. The molecule has 1 aromatic heterocycles. The Morgan fingerprint density at radius 1 is 0.967 bits per heavy atom. The largest absolute Gasteiger partial charge is 0.497 e. The monoisotopic (exact) mass is 410 g/mol. The number of methoxy groups -OCH3 is 1. The molecular formula is C25H18N2O2S. The number of fused-ring (bicyclic) bond motifs is 3. The van der Waals surface area contributed by atoms with Crippen LogP contribution in [0.2, 0.25) is 0 Å². The third-order valence-electron chi connectivity index (χ3n) is 4.98. The van der Waals surface area contributed by atoms with E-state index in [0.717, 1.165) is 38.2 Å². The molecule has 1 aliphatic heterocycles. The number of thioether (sulfide) groups is 1. The minimum Gasteiger partial charge on any atom is -0.497 e. The Bertz CT molecular complexity index is 1260. The first-order valence-corrected chi connectivity index (χ1v) is 10.4. The Kier molecular flexibility index (Phi) is 4.73. The van der Waals surface area contributed by atoms with Crippen LogP contribution in [0.15, 0.2) is 95.9 Å². The molecule has 0 fully saturated rings. The smallest absolute Gasteiger partial charge is 0.188 e. The molecule has 2 heterocycles. The molecule has 5 rings (SSSR count). The lowest BCUT2D eigenvalue weighted by Crippen LogP contribution is -2.07. The van der Waals surface area contributed by atoms with Gasteiger partial charge in [-0.3, -0.25) is 4.79 Å². The lowest BCUT2D eigenvalue weighted by molar-refractivity contribution is 0.104. The van der Waals surface area contributed by atoms with Gasteiger partial charge in [-0.2, -0.15) is 5.10 Å².